The van der Waals surface area contributed by atoms with Gasteiger partial charge in [-0.3, -0.25) is 4.98 Å². The van der Waals surface area contributed by atoms with Crippen molar-refractivity contribution in [1.29, 1.82) is 0 Å². The van der Waals surface area contributed by atoms with Gasteiger partial charge < -0.3 is 10.2 Å². The van der Waals surface area contributed by atoms with Gasteiger partial charge in [-0.1, -0.05) is 6.92 Å². The molecule has 21 heavy (non-hydrogen) atoms. The van der Waals surface area contributed by atoms with Crippen molar-refractivity contribution in [1.82, 2.24) is 10.3 Å². The first-order valence-electron chi connectivity index (χ1n) is 7.29. The highest BCUT2D eigenvalue weighted by atomic mass is 19.1. The number of hydrogen-bond acceptors (Lipinski definition) is 3. The van der Waals surface area contributed by atoms with Crippen LogP contribution in [0.15, 0.2) is 42.7 Å². The molecule has 2 rings (SSSR count). The van der Waals surface area contributed by atoms with Gasteiger partial charge in [-0.15, -0.1) is 0 Å². The standard InChI is InChI=1S/C17H22FN3/c1-3-6-20-12-15-9-16(18)11-17(10-15)21(2)13-14-4-7-19-8-5-14/h4-5,7-11,20H,3,6,12-13H2,1-2H3. The van der Waals surface area contributed by atoms with Gasteiger partial charge in [-0.2, -0.15) is 0 Å². The van der Waals surface area contributed by atoms with E-state index in [4.69, 9.17) is 0 Å². The molecule has 112 valence electrons. The molecule has 2 aromatic rings. The number of halogens is 1. The van der Waals surface area contributed by atoms with E-state index >= 15 is 0 Å². The number of aromatic nitrogens is 1. The number of anilines is 1. The minimum atomic E-state index is -0.192. The van der Waals surface area contributed by atoms with Crippen LogP contribution in [0.2, 0.25) is 0 Å². The fraction of sp³-hybridized carbons (Fsp3) is 0.353. The van der Waals surface area contributed by atoms with Gasteiger partial charge in [0.1, 0.15) is 5.82 Å². The molecule has 1 aromatic carbocycles. The third-order valence-corrected chi connectivity index (χ3v) is 3.31. The van der Waals surface area contributed by atoms with Crippen molar-refractivity contribution in [2.24, 2.45) is 0 Å². The Morgan fingerprint density at radius 2 is 1.90 bits per heavy atom. The van der Waals surface area contributed by atoms with Gasteiger partial charge in [0, 0.05) is 38.2 Å². The Morgan fingerprint density at radius 3 is 2.62 bits per heavy atom. The molecule has 0 bridgehead atoms. The van der Waals surface area contributed by atoms with E-state index in [0.29, 0.717) is 6.54 Å². The molecule has 0 aliphatic carbocycles. The van der Waals surface area contributed by atoms with Crippen LogP contribution in [0.25, 0.3) is 0 Å². The molecule has 0 spiro atoms. The zero-order chi connectivity index (χ0) is 15.1. The van der Waals surface area contributed by atoms with Crippen LogP contribution >= 0.6 is 0 Å². The first-order valence-corrected chi connectivity index (χ1v) is 7.29. The van der Waals surface area contributed by atoms with Crippen molar-refractivity contribution in [2.45, 2.75) is 26.4 Å². The highest BCUT2D eigenvalue weighted by molar-refractivity contribution is 5.49. The number of nitrogens with one attached hydrogen (secondary N) is 1. The van der Waals surface area contributed by atoms with Gasteiger partial charge >= 0.3 is 0 Å². The highest BCUT2D eigenvalue weighted by Gasteiger charge is 2.06. The molecule has 0 unspecified atom stereocenters. The van der Waals surface area contributed by atoms with Crippen molar-refractivity contribution in [2.75, 3.05) is 18.5 Å². The topological polar surface area (TPSA) is 28.2 Å². The average Bonchev–Trinajstić information content (AvgIpc) is 2.48. The van der Waals surface area contributed by atoms with Crippen LogP contribution in [-0.2, 0) is 13.1 Å². The molecule has 0 fully saturated rings. The zero-order valence-corrected chi connectivity index (χ0v) is 12.6. The van der Waals surface area contributed by atoms with Crippen molar-refractivity contribution < 1.29 is 4.39 Å². The van der Waals surface area contributed by atoms with Gasteiger partial charge in [-0.25, -0.2) is 4.39 Å². The Hall–Kier alpha value is -1.94. The van der Waals surface area contributed by atoms with Crippen LogP contribution in [-0.4, -0.2) is 18.6 Å². The number of pyridine rings is 1. The lowest BCUT2D eigenvalue weighted by molar-refractivity contribution is 0.618. The molecule has 0 atom stereocenters. The minimum absolute atomic E-state index is 0.192. The molecule has 3 nitrogen and oxygen atoms in total. The maximum Gasteiger partial charge on any atom is 0.125 e. The van der Waals surface area contributed by atoms with E-state index in [2.05, 4.69) is 17.2 Å². The van der Waals surface area contributed by atoms with Gasteiger partial charge in [-0.05, 0) is 54.4 Å². The van der Waals surface area contributed by atoms with Crippen LogP contribution in [0.4, 0.5) is 10.1 Å². The predicted molar refractivity (Wildman–Crippen MR) is 84.7 cm³/mol. The summed E-state index contributed by atoms with van der Waals surface area (Å²) >= 11 is 0. The second-order valence-corrected chi connectivity index (χ2v) is 5.21. The Balaban J connectivity index is 2.07. The van der Waals surface area contributed by atoms with Crippen molar-refractivity contribution in [3.8, 4) is 0 Å². The van der Waals surface area contributed by atoms with Crippen molar-refractivity contribution >= 4 is 5.69 Å². The average molecular weight is 287 g/mol. The number of nitrogens with zero attached hydrogens (tertiary/aromatic N) is 2. The molecule has 0 aliphatic rings. The molecule has 0 amide bonds. The summed E-state index contributed by atoms with van der Waals surface area (Å²) in [6.45, 7) is 4.49. The highest BCUT2D eigenvalue weighted by Crippen LogP contribution is 2.19. The van der Waals surface area contributed by atoms with E-state index in [1.807, 2.05) is 30.1 Å². The molecule has 0 saturated carbocycles. The summed E-state index contributed by atoms with van der Waals surface area (Å²) in [5.41, 5.74) is 3.02. The summed E-state index contributed by atoms with van der Waals surface area (Å²) < 4.78 is 13.8. The molecule has 1 N–H and O–H groups in total. The van der Waals surface area contributed by atoms with E-state index in [9.17, 15) is 4.39 Å². The second kappa shape index (κ2) is 7.74. The van der Waals surface area contributed by atoms with Crippen LogP contribution in [0.3, 0.4) is 0 Å². The monoisotopic (exact) mass is 287 g/mol. The molecule has 4 heteroatoms. The fourth-order valence-electron chi connectivity index (χ4n) is 2.22. The lowest BCUT2D eigenvalue weighted by atomic mass is 10.1. The molecular formula is C17H22FN3. The Morgan fingerprint density at radius 1 is 1.14 bits per heavy atom. The Labute approximate surface area is 125 Å². The maximum absolute atomic E-state index is 13.8. The predicted octanol–water partition coefficient (Wildman–Crippen LogP) is 3.36. The van der Waals surface area contributed by atoms with E-state index in [-0.39, 0.29) is 5.82 Å². The maximum atomic E-state index is 13.8. The minimum Gasteiger partial charge on any atom is -0.370 e. The van der Waals surface area contributed by atoms with Gasteiger partial charge in [0.25, 0.3) is 0 Å². The third kappa shape index (κ3) is 4.83. The summed E-state index contributed by atoms with van der Waals surface area (Å²) in [7, 11) is 1.97. The molecule has 0 radical (unpaired) electrons. The molecule has 1 aromatic heterocycles. The second-order valence-electron chi connectivity index (χ2n) is 5.21. The Kier molecular flexibility index (Phi) is 5.69. The normalized spacial score (nSPS) is 10.6. The lowest BCUT2D eigenvalue weighted by Gasteiger charge is -2.20. The zero-order valence-electron chi connectivity index (χ0n) is 12.6. The molecule has 0 saturated heterocycles. The molecular weight excluding hydrogens is 265 g/mol. The fourth-order valence-corrected chi connectivity index (χ4v) is 2.22. The Bertz CT molecular complexity index is 557. The first kappa shape index (κ1) is 15.4. The van der Waals surface area contributed by atoms with Gasteiger partial charge in [0.2, 0.25) is 0 Å². The van der Waals surface area contributed by atoms with Crippen LogP contribution in [0.5, 0.6) is 0 Å². The van der Waals surface area contributed by atoms with Crippen molar-refractivity contribution in [3.63, 3.8) is 0 Å². The number of rotatable bonds is 7. The SMILES string of the molecule is CCCNCc1cc(F)cc(N(C)Cc2ccncc2)c1. The quantitative estimate of drug-likeness (QED) is 0.792. The van der Waals surface area contributed by atoms with Gasteiger partial charge in [0.15, 0.2) is 0 Å². The van der Waals surface area contributed by atoms with Crippen LogP contribution in [0.1, 0.15) is 24.5 Å². The van der Waals surface area contributed by atoms with Crippen LogP contribution < -0.4 is 10.2 Å². The summed E-state index contributed by atoms with van der Waals surface area (Å²) in [5.74, 6) is -0.192. The van der Waals surface area contributed by atoms with E-state index in [1.165, 1.54) is 0 Å². The van der Waals surface area contributed by atoms with E-state index in [0.717, 1.165) is 36.3 Å². The van der Waals surface area contributed by atoms with Gasteiger partial charge in [0.05, 0.1) is 0 Å². The summed E-state index contributed by atoms with van der Waals surface area (Å²) in [6.07, 6.45) is 4.62. The first-order chi connectivity index (χ1) is 10.2. The summed E-state index contributed by atoms with van der Waals surface area (Å²) in [5, 5.41) is 3.30. The lowest BCUT2D eigenvalue weighted by Crippen LogP contribution is -2.18. The molecule has 0 aliphatic heterocycles. The van der Waals surface area contributed by atoms with E-state index < -0.39 is 0 Å². The van der Waals surface area contributed by atoms with Crippen molar-refractivity contribution in [3.05, 3.63) is 59.7 Å². The van der Waals surface area contributed by atoms with E-state index in [1.54, 1.807) is 24.5 Å². The molecule has 1 heterocycles. The number of benzene rings is 1. The summed E-state index contributed by atoms with van der Waals surface area (Å²) in [4.78, 5) is 6.05. The largest absolute Gasteiger partial charge is 0.370 e. The number of hydrogen-bond donors (Lipinski definition) is 1. The van der Waals surface area contributed by atoms with Crippen LogP contribution in [0, 0.1) is 5.82 Å². The summed E-state index contributed by atoms with van der Waals surface area (Å²) in [6, 6.07) is 9.14. The third-order valence-electron chi connectivity index (χ3n) is 3.31. The smallest absolute Gasteiger partial charge is 0.125 e.